The molecule has 12 heteroatoms. The molecule has 2 aromatic heterocycles. The van der Waals surface area contributed by atoms with Crippen LogP contribution >= 0.6 is 0 Å². The summed E-state index contributed by atoms with van der Waals surface area (Å²) in [4.78, 5) is 31.5. The van der Waals surface area contributed by atoms with Gasteiger partial charge in [0.2, 0.25) is 5.43 Å². The van der Waals surface area contributed by atoms with Crippen molar-refractivity contribution < 1.29 is 13.6 Å². The Morgan fingerprint density at radius 2 is 1.83 bits per heavy atom. The maximum absolute atomic E-state index is 15.6. The fraction of sp³-hybridized carbons (Fsp3) is 0.250. The van der Waals surface area contributed by atoms with Crippen molar-refractivity contribution in [2.24, 2.45) is 0 Å². The highest BCUT2D eigenvalue weighted by Gasteiger charge is 2.28. The van der Waals surface area contributed by atoms with Crippen LogP contribution in [0.4, 0.5) is 20.3 Å². The van der Waals surface area contributed by atoms with E-state index in [4.69, 9.17) is 11.1 Å². The number of aromatic nitrogens is 2. The smallest absolute Gasteiger partial charge is 0.261 e. The average Bonchev–Trinajstić information content (AvgIpc) is 3.06. The molecule has 0 unspecified atom stereocenters. The Labute approximate surface area is 275 Å². The van der Waals surface area contributed by atoms with Crippen LogP contribution < -0.4 is 27.1 Å². The number of nitrogens with one attached hydrogen (secondary N) is 4. The number of hydrogen-bond donors (Lipinski definition) is 5. The summed E-state index contributed by atoms with van der Waals surface area (Å²) in [5.74, 6) is -1.88. The van der Waals surface area contributed by atoms with Gasteiger partial charge in [0.1, 0.15) is 34.8 Å². The van der Waals surface area contributed by atoms with Crippen molar-refractivity contribution in [3.8, 4) is 28.3 Å². The first-order valence-electron chi connectivity index (χ1n) is 15.8. The van der Waals surface area contributed by atoms with Crippen LogP contribution in [0.3, 0.4) is 0 Å². The molecule has 1 aliphatic heterocycles. The molecular weight excluding hydrogens is 614 g/mol. The van der Waals surface area contributed by atoms with E-state index in [-0.39, 0.29) is 46.0 Å². The minimum atomic E-state index is -0.779. The molecule has 2 aliphatic rings. The zero-order valence-corrected chi connectivity index (χ0v) is 26.0. The minimum absolute atomic E-state index is 0.00530. The fourth-order valence-corrected chi connectivity index (χ4v) is 6.01. The van der Waals surface area contributed by atoms with Crippen LogP contribution in [-0.4, -0.2) is 40.8 Å². The molecule has 4 aromatic rings. The number of hydrogen-bond acceptors (Lipinski definition) is 8. The highest BCUT2D eigenvalue weighted by Crippen LogP contribution is 2.35. The largest absolute Gasteiger partial charge is 0.388 e. The number of carbonyl (C=O) groups is 1. The van der Waals surface area contributed by atoms with Crippen LogP contribution in [-0.2, 0) is 0 Å². The third-order valence-corrected chi connectivity index (χ3v) is 8.92. The SMILES string of the molecule is N#Cc1c(-c2ccc(F)cc2)c(=O)c(C(=O)Nc2ccc(-c3cc(/C(C=N)=C/NC4CCNCC4)cnc3N)c(F)c2)cn1C1CCC1. The molecule has 0 radical (unpaired) electrons. The number of benzene rings is 2. The normalized spacial score (nSPS) is 15.3. The number of pyridine rings is 2. The van der Waals surface area contributed by atoms with Crippen molar-refractivity contribution in [3.05, 3.63) is 106 Å². The average molecular weight is 649 g/mol. The summed E-state index contributed by atoms with van der Waals surface area (Å²) in [5.41, 5.74) is 7.34. The molecule has 1 saturated carbocycles. The van der Waals surface area contributed by atoms with Crippen LogP contribution in [0.2, 0.25) is 0 Å². The van der Waals surface area contributed by atoms with Crippen LogP contribution in [0, 0.1) is 28.4 Å². The Bertz CT molecular complexity index is 2010. The number of nitrogen functional groups attached to an aromatic ring is 1. The second kappa shape index (κ2) is 14.0. The maximum atomic E-state index is 15.6. The maximum Gasteiger partial charge on any atom is 0.261 e. The second-order valence-corrected chi connectivity index (χ2v) is 11.9. The number of amides is 1. The van der Waals surface area contributed by atoms with E-state index in [1.165, 1.54) is 55.0 Å². The molecule has 244 valence electrons. The molecule has 3 heterocycles. The van der Waals surface area contributed by atoms with E-state index in [1.54, 1.807) is 16.8 Å². The second-order valence-electron chi connectivity index (χ2n) is 11.9. The Balaban J connectivity index is 1.29. The summed E-state index contributed by atoms with van der Waals surface area (Å²) in [6, 6.07) is 13.2. The van der Waals surface area contributed by atoms with Crippen molar-refractivity contribution in [1.29, 1.82) is 10.7 Å². The Kier molecular flexibility index (Phi) is 9.40. The van der Waals surface area contributed by atoms with Crippen LogP contribution in [0.1, 0.15) is 59.8 Å². The zero-order chi connectivity index (χ0) is 33.8. The van der Waals surface area contributed by atoms with Crippen LogP contribution in [0.15, 0.2) is 71.9 Å². The molecule has 6 N–H and O–H groups in total. The number of carbonyl (C=O) groups excluding carboxylic acids is 1. The molecule has 0 atom stereocenters. The third kappa shape index (κ3) is 6.59. The molecule has 10 nitrogen and oxygen atoms in total. The third-order valence-electron chi connectivity index (χ3n) is 8.92. The van der Waals surface area contributed by atoms with Gasteiger partial charge in [-0.3, -0.25) is 9.59 Å². The number of halogens is 2. The van der Waals surface area contributed by atoms with E-state index in [0.29, 0.717) is 22.3 Å². The standard InChI is InChI=1S/C36H34F2N8O2/c37-24-6-4-21(5-7-24)33-32(17-40)46(27-2-1-3-27)20-30(34(33)47)36(48)45-26-8-9-28(31(38)15-26)29-14-22(18-44-35(29)41)23(16-39)19-43-25-10-12-42-13-11-25/h4-9,14-16,18-20,25,27,39,42-43H,1-3,10-13H2,(H2,41,44)(H,45,48)/b23-19+,39-16?. The number of rotatable bonds is 9. The lowest BCUT2D eigenvalue weighted by Crippen LogP contribution is -2.37. The summed E-state index contributed by atoms with van der Waals surface area (Å²) >= 11 is 0. The van der Waals surface area contributed by atoms with E-state index in [0.717, 1.165) is 51.3 Å². The van der Waals surface area contributed by atoms with Gasteiger partial charge < -0.3 is 31.7 Å². The summed E-state index contributed by atoms with van der Waals surface area (Å²) in [7, 11) is 0. The number of allylic oxidation sites excluding steroid dienone is 1. The fourth-order valence-electron chi connectivity index (χ4n) is 6.01. The quantitative estimate of drug-likeness (QED) is 0.147. The Morgan fingerprint density at radius 1 is 1.08 bits per heavy atom. The first-order valence-corrected chi connectivity index (χ1v) is 15.8. The zero-order valence-electron chi connectivity index (χ0n) is 26.0. The minimum Gasteiger partial charge on any atom is -0.388 e. The summed E-state index contributed by atoms with van der Waals surface area (Å²) < 4.78 is 31.0. The van der Waals surface area contributed by atoms with Crippen LogP contribution in [0.5, 0.6) is 0 Å². The number of nitrogens with zero attached hydrogens (tertiary/aromatic N) is 3. The molecule has 1 saturated heterocycles. The van der Waals surface area contributed by atoms with Crippen LogP contribution in [0.25, 0.3) is 27.8 Å². The van der Waals surface area contributed by atoms with E-state index < -0.39 is 23.0 Å². The van der Waals surface area contributed by atoms with Crippen molar-refractivity contribution in [3.63, 3.8) is 0 Å². The van der Waals surface area contributed by atoms with Crippen molar-refractivity contribution >= 4 is 29.2 Å². The van der Waals surface area contributed by atoms with Crippen molar-refractivity contribution in [1.82, 2.24) is 20.2 Å². The van der Waals surface area contributed by atoms with Gasteiger partial charge in [0.15, 0.2) is 0 Å². The highest BCUT2D eigenvalue weighted by atomic mass is 19.1. The predicted molar refractivity (Wildman–Crippen MR) is 181 cm³/mol. The van der Waals surface area contributed by atoms with Crippen molar-refractivity contribution in [2.75, 3.05) is 24.1 Å². The van der Waals surface area contributed by atoms with Gasteiger partial charge in [0, 0.05) is 64.8 Å². The van der Waals surface area contributed by atoms with Gasteiger partial charge in [0.25, 0.3) is 5.91 Å². The van der Waals surface area contributed by atoms with E-state index in [9.17, 15) is 19.2 Å². The van der Waals surface area contributed by atoms with E-state index in [1.807, 2.05) is 0 Å². The van der Waals surface area contributed by atoms with Gasteiger partial charge in [-0.1, -0.05) is 12.1 Å². The Hall–Kier alpha value is -5.67. The molecule has 1 aliphatic carbocycles. The lowest BCUT2D eigenvalue weighted by molar-refractivity contribution is 0.102. The first kappa shape index (κ1) is 32.3. The highest BCUT2D eigenvalue weighted by molar-refractivity contribution is 6.08. The summed E-state index contributed by atoms with van der Waals surface area (Å²) in [5, 5.41) is 27.2. The van der Waals surface area contributed by atoms with E-state index in [2.05, 4.69) is 27.0 Å². The molecule has 6 rings (SSSR count). The van der Waals surface area contributed by atoms with Gasteiger partial charge in [0.05, 0.1) is 5.56 Å². The molecule has 2 fully saturated rings. The van der Waals surface area contributed by atoms with Gasteiger partial charge in [-0.2, -0.15) is 5.26 Å². The molecule has 0 spiro atoms. The molecular formula is C36H34F2N8O2. The summed E-state index contributed by atoms with van der Waals surface area (Å²) in [6.45, 7) is 1.83. The van der Waals surface area contributed by atoms with Gasteiger partial charge in [-0.15, -0.1) is 0 Å². The van der Waals surface area contributed by atoms with E-state index >= 15 is 4.39 Å². The predicted octanol–water partition coefficient (Wildman–Crippen LogP) is 5.62. The number of piperidine rings is 1. The van der Waals surface area contributed by atoms with Crippen molar-refractivity contribution in [2.45, 2.75) is 44.2 Å². The van der Waals surface area contributed by atoms with Gasteiger partial charge in [-0.05, 0) is 87.2 Å². The first-order chi connectivity index (χ1) is 23.3. The molecule has 2 aromatic carbocycles. The number of anilines is 2. The number of nitriles is 1. The number of nitrogens with two attached hydrogens (primary N) is 1. The Morgan fingerprint density at radius 3 is 2.48 bits per heavy atom. The topological polar surface area (TPSA) is 162 Å². The molecule has 0 bridgehead atoms. The summed E-state index contributed by atoms with van der Waals surface area (Å²) in [6.07, 6.45) is 10.3. The monoisotopic (exact) mass is 648 g/mol. The molecule has 48 heavy (non-hydrogen) atoms. The van der Waals surface area contributed by atoms with Gasteiger partial charge in [-0.25, -0.2) is 13.8 Å². The lowest BCUT2D eigenvalue weighted by Gasteiger charge is -2.30. The van der Waals surface area contributed by atoms with Gasteiger partial charge >= 0.3 is 0 Å². The lowest BCUT2D eigenvalue weighted by atomic mass is 9.91. The molecule has 1 amide bonds.